The van der Waals surface area contributed by atoms with Gasteiger partial charge in [0.05, 0.1) is 47.6 Å². The second kappa shape index (κ2) is 20.7. The maximum Gasteiger partial charge on any atom is 0.264 e. The molecule has 0 aliphatic carbocycles. The molecule has 0 radical (unpaired) electrons. The number of amides is 3. The minimum Gasteiger partial charge on any atom is -0.379 e. The van der Waals surface area contributed by atoms with E-state index in [0.29, 0.717) is 31.8 Å². The summed E-state index contributed by atoms with van der Waals surface area (Å²) in [6.07, 6.45) is 0.746. The molecule has 1 heterocycles. The van der Waals surface area contributed by atoms with E-state index in [-0.39, 0.29) is 53.6 Å². The molecular weight excluding hydrogens is 685 g/mol. The van der Waals surface area contributed by atoms with Gasteiger partial charge in [-0.05, 0) is 62.4 Å². The number of sulfonamides is 1. The molecule has 0 aromatic heterocycles. The number of nitrogens with one attached hydrogen (secondary N) is 2. The summed E-state index contributed by atoms with van der Waals surface area (Å²) in [5.41, 5.74) is 6.40. The summed E-state index contributed by atoms with van der Waals surface area (Å²) in [5.74, 6) is -1.36. The molecule has 0 unspecified atom stereocenters. The Morgan fingerprint density at radius 2 is 1.60 bits per heavy atom. The van der Waals surface area contributed by atoms with Crippen molar-refractivity contribution in [2.75, 3.05) is 48.5 Å². The fraction of sp³-hybridized carbons (Fsp3) is 0.763. The van der Waals surface area contributed by atoms with Gasteiger partial charge in [0.25, 0.3) is 10.0 Å². The molecule has 52 heavy (non-hydrogen) atoms. The fourth-order valence-corrected chi connectivity index (χ4v) is 8.55. The number of nitrogens with zero attached hydrogens (tertiary/aromatic N) is 3. The molecule has 8 atom stereocenters. The van der Waals surface area contributed by atoms with E-state index in [1.165, 1.54) is 19.2 Å². The van der Waals surface area contributed by atoms with Gasteiger partial charge in [0, 0.05) is 46.9 Å². The first-order valence-electron chi connectivity index (χ1n) is 18.7. The molecule has 1 aliphatic heterocycles. The van der Waals surface area contributed by atoms with Crippen LogP contribution in [-0.2, 0) is 40.4 Å². The van der Waals surface area contributed by atoms with Crippen LogP contribution < -0.4 is 15.8 Å². The lowest BCUT2D eigenvalue weighted by Gasteiger charge is -2.41. The highest BCUT2D eigenvalue weighted by Crippen LogP contribution is 2.30. The molecule has 13 nitrogen and oxygen atoms in total. The van der Waals surface area contributed by atoms with Crippen molar-refractivity contribution in [3.05, 3.63) is 29.8 Å². The van der Waals surface area contributed by atoms with Crippen LogP contribution in [-0.4, -0.2) is 126 Å². The number of rotatable bonds is 21. The molecule has 0 spiro atoms. The maximum absolute atomic E-state index is 14.2. The summed E-state index contributed by atoms with van der Waals surface area (Å²) in [5, 5.41) is 3.55. The Morgan fingerprint density at radius 3 is 2.08 bits per heavy atom. The minimum absolute atomic E-state index is 0.0274. The van der Waals surface area contributed by atoms with Crippen molar-refractivity contribution in [2.45, 2.75) is 122 Å². The summed E-state index contributed by atoms with van der Waals surface area (Å²) in [6.45, 7) is 15.6. The highest BCUT2D eigenvalue weighted by Gasteiger charge is 2.43. The third-order valence-electron chi connectivity index (χ3n) is 10.9. The Morgan fingerprint density at radius 1 is 0.981 bits per heavy atom. The average Bonchev–Trinajstić information content (AvgIpc) is 3.58. The number of carbonyl (C=O) groups is 3. The first-order chi connectivity index (χ1) is 24.4. The topological polar surface area (TPSA) is 164 Å². The van der Waals surface area contributed by atoms with E-state index in [2.05, 4.69) is 42.6 Å². The van der Waals surface area contributed by atoms with E-state index in [9.17, 15) is 22.8 Å². The smallest absolute Gasteiger partial charge is 0.264 e. The van der Waals surface area contributed by atoms with Crippen LogP contribution in [0.4, 0.5) is 0 Å². The summed E-state index contributed by atoms with van der Waals surface area (Å²) in [7, 11) is 4.80. The number of methoxy groups -OCH3 is 2. The van der Waals surface area contributed by atoms with Crippen LogP contribution in [0.3, 0.4) is 0 Å². The van der Waals surface area contributed by atoms with Crippen molar-refractivity contribution < 1.29 is 32.3 Å². The zero-order valence-electron chi connectivity index (χ0n) is 33.7. The van der Waals surface area contributed by atoms with Gasteiger partial charge in [-0.3, -0.25) is 14.4 Å². The number of nitrogens with two attached hydrogens (primary N) is 1. The van der Waals surface area contributed by atoms with Crippen LogP contribution in [0.15, 0.2) is 29.2 Å². The Kier molecular flexibility index (Phi) is 18.2. The van der Waals surface area contributed by atoms with Gasteiger partial charge in [0.2, 0.25) is 17.7 Å². The molecule has 1 aromatic rings. The maximum atomic E-state index is 14.2. The largest absolute Gasteiger partial charge is 0.379 e. The van der Waals surface area contributed by atoms with Crippen LogP contribution in [0.1, 0.15) is 79.7 Å². The van der Waals surface area contributed by atoms with Gasteiger partial charge in [0.15, 0.2) is 0 Å². The van der Waals surface area contributed by atoms with Crippen LogP contribution in [0.2, 0.25) is 0 Å². The third kappa shape index (κ3) is 11.7. The number of ether oxygens (including phenoxy) is 2. The number of hydrogen-bond acceptors (Lipinski definition) is 10. The molecule has 0 saturated carbocycles. The molecule has 14 heteroatoms. The van der Waals surface area contributed by atoms with Crippen molar-refractivity contribution in [1.82, 2.24) is 24.7 Å². The number of carbonyl (C=O) groups excluding carboxylic acids is 3. The lowest BCUT2D eigenvalue weighted by Crippen LogP contribution is -2.58. The third-order valence-corrected chi connectivity index (χ3v) is 12.2. The molecule has 1 saturated heterocycles. The zero-order valence-corrected chi connectivity index (χ0v) is 34.5. The Hall–Kier alpha value is -2.62. The molecular formula is C38H68N6O7S. The second-order valence-electron chi connectivity index (χ2n) is 15.3. The number of likely N-dealkylation sites (N-methyl/N-ethyl adjacent to an activating group) is 2. The highest BCUT2D eigenvalue weighted by molar-refractivity contribution is 7.90. The van der Waals surface area contributed by atoms with Gasteiger partial charge >= 0.3 is 0 Å². The summed E-state index contributed by atoms with van der Waals surface area (Å²) >= 11 is 0. The quantitative estimate of drug-likeness (QED) is 0.170. The van der Waals surface area contributed by atoms with Gasteiger partial charge in [0.1, 0.15) is 0 Å². The average molecular weight is 753 g/mol. The van der Waals surface area contributed by atoms with E-state index < -0.39 is 46.1 Å². The second-order valence-corrected chi connectivity index (χ2v) is 17.0. The molecule has 0 bridgehead atoms. The summed E-state index contributed by atoms with van der Waals surface area (Å²) in [4.78, 5) is 47.3. The van der Waals surface area contributed by atoms with E-state index in [0.717, 1.165) is 12.0 Å². The van der Waals surface area contributed by atoms with Gasteiger partial charge in [-0.15, -0.1) is 0 Å². The van der Waals surface area contributed by atoms with Crippen molar-refractivity contribution in [2.24, 2.45) is 29.4 Å². The summed E-state index contributed by atoms with van der Waals surface area (Å²) in [6, 6.07) is 5.02. The predicted octanol–water partition coefficient (Wildman–Crippen LogP) is 3.07. The Labute approximate surface area is 313 Å². The standard InChI is InChI=1S/C38H68N6O7S/c1-13-26(6)35(43(10)38(47)34(25(4)5)40-23-31(24(2)3)42(8)9)32(50-11)21-33(45)44-20-14-15-30(44)36(51-12)27(7)37(46)41-52(48,49)29-18-16-28(22-39)17-19-29/h16-19,24-27,30-32,34-36,40H,13-15,20-23,39H2,1-12H3,(H,41,46)/t26-,27+,30-,31+,32+,34-,35-,36+/m0/s1. The number of hydrogen-bond donors (Lipinski definition) is 3. The Balaban J connectivity index is 2.26. The molecule has 3 amide bonds. The van der Waals surface area contributed by atoms with Crippen LogP contribution in [0.5, 0.6) is 0 Å². The van der Waals surface area contributed by atoms with Crippen LogP contribution in [0, 0.1) is 23.7 Å². The number of benzene rings is 1. The SMILES string of the molecule is CC[C@H](C)[C@@H]([C@@H](CC(=O)N1CCC[C@H]1[C@H](OC)[C@@H](C)C(=O)NS(=O)(=O)c1ccc(CN)cc1)OC)N(C)C(=O)[C@@H](NC[C@H](C(C)C)N(C)C)C(C)C. The van der Waals surface area contributed by atoms with Crippen molar-refractivity contribution in [3.8, 4) is 0 Å². The molecule has 1 fully saturated rings. The van der Waals surface area contributed by atoms with E-state index in [4.69, 9.17) is 15.2 Å². The van der Waals surface area contributed by atoms with E-state index in [1.54, 1.807) is 43.0 Å². The number of likely N-dealkylation sites (tertiary alicyclic amines) is 1. The van der Waals surface area contributed by atoms with Gasteiger partial charge in [-0.2, -0.15) is 0 Å². The normalized spacial score (nSPS) is 19.3. The summed E-state index contributed by atoms with van der Waals surface area (Å²) < 4.78 is 40.1. The highest BCUT2D eigenvalue weighted by atomic mass is 32.2. The van der Waals surface area contributed by atoms with Crippen LogP contribution >= 0.6 is 0 Å². The monoisotopic (exact) mass is 752 g/mol. The predicted molar refractivity (Wildman–Crippen MR) is 205 cm³/mol. The van der Waals surface area contributed by atoms with E-state index >= 15 is 0 Å². The molecule has 2 rings (SSSR count). The Bertz CT molecular complexity index is 1380. The molecule has 1 aliphatic rings. The van der Waals surface area contributed by atoms with Crippen LogP contribution in [0.25, 0.3) is 0 Å². The van der Waals surface area contributed by atoms with Crippen molar-refractivity contribution >= 4 is 27.7 Å². The van der Waals surface area contributed by atoms with Gasteiger partial charge in [-0.1, -0.05) is 67.0 Å². The first kappa shape index (κ1) is 45.5. The first-order valence-corrected chi connectivity index (χ1v) is 20.2. The lowest BCUT2D eigenvalue weighted by molar-refractivity contribution is -0.147. The zero-order chi connectivity index (χ0) is 39.5. The molecule has 1 aromatic carbocycles. The molecule has 4 N–H and O–H groups in total. The minimum atomic E-state index is -4.14. The fourth-order valence-electron chi connectivity index (χ4n) is 7.48. The van der Waals surface area contributed by atoms with E-state index in [1.807, 2.05) is 27.9 Å². The lowest BCUT2D eigenvalue weighted by atomic mass is 9.89. The van der Waals surface area contributed by atoms with Gasteiger partial charge in [-0.25, -0.2) is 13.1 Å². The van der Waals surface area contributed by atoms with Crippen molar-refractivity contribution in [3.63, 3.8) is 0 Å². The van der Waals surface area contributed by atoms with Gasteiger partial charge < -0.3 is 35.2 Å². The van der Waals surface area contributed by atoms with Crippen molar-refractivity contribution in [1.29, 1.82) is 0 Å². The molecule has 298 valence electrons.